The van der Waals surface area contributed by atoms with Crippen molar-refractivity contribution in [1.82, 2.24) is 0 Å². The molecule has 2 unspecified atom stereocenters. The summed E-state index contributed by atoms with van der Waals surface area (Å²) in [5, 5.41) is 8.53. The van der Waals surface area contributed by atoms with Crippen molar-refractivity contribution in [2.45, 2.75) is 31.5 Å². The Kier molecular flexibility index (Phi) is 3.25. The van der Waals surface area contributed by atoms with Gasteiger partial charge in [-0.1, -0.05) is 12.7 Å². The minimum Gasteiger partial charge on any atom is -0.478 e. The molecule has 0 spiro atoms. The predicted octanol–water partition coefficient (Wildman–Crippen LogP) is 1.75. The Labute approximate surface area is 77.7 Å². The summed E-state index contributed by atoms with van der Waals surface area (Å²) in [7, 11) is 0. The summed E-state index contributed by atoms with van der Waals surface area (Å²) in [6.07, 6.45) is 4.41. The molecule has 1 N–H and O–H groups in total. The molecular weight excluding hydrogens is 168 g/mol. The van der Waals surface area contributed by atoms with Gasteiger partial charge in [-0.2, -0.15) is 0 Å². The van der Waals surface area contributed by atoms with Crippen molar-refractivity contribution in [3.05, 3.63) is 24.8 Å². The number of epoxide rings is 1. The first-order valence-electron chi connectivity index (χ1n) is 4.32. The van der Waals surface area contributed by atoms with Gasteiger partial charge in [0.2, 0.25) is 0 Å². The van der Waals surface area contributed by atoms with Crippen LogP contribution < -0.4 is 0 Å². The molecule has 0 aliphatic carbocycles. The fraction of sp³-hybridized carbons (Fsp3) is 0.500. The number of hydrogen-bond donors (Lipinski definition) is 1. The number of ether oxygens (including phenoxy) is 1. The molecule has 1 heterocycles. The van der Waals surface area contributed by atoms with E-state index in [1.807, 2.05) is 6.08 Å². The summed E-state index contributed by atoms with van der Waals surface area (Å²) in [5.41, 5.74) is 0.257. The second kappa shape index (κ2) is 4.23. The van der Waals surface area contributed by atoms with Crippen LogP contribution in [0.3, 0.4) is 0 Å². The van der Waals surface area contributed by atoms with Crippen LogP contribution in [0, 0.1) is 0 Å². The summed E-state index contributed by atoms with van der Waals surface area (Å²) in [6.45, 7) is 7.06. The lowest BCUT2D eigenvalue weighted by Crippen LogP contribution is -2.01. The highest BCUT2D eigenvalue weighted by atomic mass is 16.6. The van der Waals surface area contributed by atoms with Crippen LogP contribution >= 0.6 is 0 Å². The van der Waals surface area contributed by atoms with Crippen molar-refractivity contribution >= 4 is 5.97 Å². The second-order valence-corrected chi connectivity index (χ2v) is 3.18. The molecule has 1 saturated heterocycles. The minimum atomic E-state index is -0.916. The van der Waals surface area contributed by atoms with Crippen LogP contribution in [-0.4, -0.2) is 23.3 Å². The van der Waals surface area contributed by atoms with Crippen molar-refractivity contribution in [2.24, 2.45) is 0 Å². The van der Waals surface area contributed by atoms with E-state index in [0.29, 0.717) is 6.42 Å². The molecule has 0 saturated carbocycles. The highest BCUT2D eigenvalue weighted by molar-refractivity contribution is 5.85. The third-order valence-corrected chi connectivity index (χ3v) is 2.12. The normalized spacial score (nSPS) is 25.2. The molecule has 0 radical (unpaired) electrons. The average Bonchev–Trinajstić information content (AvgIpc) is 2.80. The van der Waals surface area contributed by atoms with Gasteiger partial charge in [0.05, 0.1) is 12.2 Å². The van der Waals surface area contributed by atoms with Gasteiger partial charge >= 0.3 is 5.97 Å². The highest BCUT2D eigenvalue weighted by Crippen LogP contribution is 2.30. The monoisotopic (exact) mass is 182 g/mol. The molecule has 72 valence electrons. The standard InChI is InChI=1S/C10H14O3/c1-3-4-8-9(13-8)6-5-7(2)10(11)12/h3,8-9H,1-2,4-6H2,(H,11,12). The van der Waals surface area contributed by atoms with E-state index in [1.54, 1.807) is 0 Å². The third kappa shape index (κ3) is 3.03. The topological polar surface area (TPSA) is 49.8 Å². The number of aliphatic carboxylic acids is 1. The first-order chi connectivity index (χ1) is 6.15. The number of hydrogen-bond acceptors (Lipinski definition) is 2. The van der Waals surface area contributed by atoms with Gasteiger partial charge in [-0.15, -0.1) is 6.58 Å². The summed E-state index contributed by atoms with van der Waals surface area (Å²) in [4.78, 5) is 10.4. The SMILES string of the molecule is C=CCC1OC1CCC(=C)C(=O)O. The third-order valence-electron chi connectivity index (χ3n) is 2.12. The Morgan fingerprint density at radius 3 is 2.77 bits per heavy atom. The molecular formula is C10H14O3. The Balaban J connectivity index is 2.12. The molecule has 0 aromatic rings. The average molecular weight is 182 g/mol. The molecule has 1 fully saturated rings. The Morgan fingerprint density at radius 1 is 1.54 bits per heavy atom. The maximum Gasteiger partial charge on any atom is 0.330 e. The minimum absolute atomic E-state index is 0.217. The lowest BCUT2D eigenvalue weighted by atomic mass is 10.1. The van der Waals surface area contributed by atoms with E-state index < -0.39 is 5.97 Å². The number of carboxylic acid groups (broad SMARTS) is 1. The van der Waals surface area contributed by atoms with E-state index in [2.05, 4.69) is 13.2 Å². The van der Waals surface area contributed by atoms with Crippen LogP contribution in [0.4, 0.5) is 0 Å². The van der Waals surface area contributed by atoms with Crippen molar-refractivity contribution in [3.63, 3.8) is 0 Å². The quantitative estimate of drug-likeness (QED) is 0.387. The summed E-state index contributed by atoms with van der Waals surface area (Å²) < 4.78 is 5.28. The molecule has 1 aliphatic heterocycles. The first kappa shape index (κ1) is 9.99. The van der Waals surface area contributed by atoms with E-state index in [-0.39, 0.29) is 17.8 Å². The first-order valence-corrected chi connectivity index (χ1v) is 4.32. The number of rotatable bonds is 6. The second-order valence-electron chi connectivity index (χ2n) is 3.18. The zero-order valence-corrected chi connectivity index (χ0v) is 7.53. The largest absolute Gasteiger partial charge is 0.478 e. The zero-order chi connectivity index (χ0) is 9.84. The van der Waals surface area contributed by atoms with Crippen LogP contribution in [0.5, 0.6) is 0 Å². The molecule has 0 bridgehead atoms. The van der Waals surface area contributed by atoms with Crippen molar-refractivity contribution in [1.29, 1.82) is 0 Å². The molecule has 3 heteroatoms. The van der Waals surface area contributed by atoms with Crippen molar-refractivity contribution in [2.75, 3.05) is 0 Å². The maximum absolute atomic E-state index is 10.4. The maximum atomic E-state index is 10.4. The highest BCUT2D eigenvalue weighted by Gasteiger charge is 2.36. The van der Waals surface area contributed by atoms with Crippen LogP contribution in [0.25, 0.3) is 0 Å². The summed E-state index contributed by atoms with van der Waals surface area (Å²) >= 11 is 0. The Morgan fingerprint density at radius 2 is 2.23 bits per heavy atom. The Bertz CT molecular complexity index is 232. The molecule has 3 nitrogen and oxygen atoms in total. The fourth-order valence-electron chi connectivity index (χ4n) is 1.23. The molecule has 0 amide bonds. The van der Waals surface area contributed by atoms with Crippen molar-refractivity contribution < 1.29 is 14.6 Å². The van der Waals surface area contributed by atoms with Gasteiger partial charge < -0.3 is 9.84 Å². The van der Waals surface area contributed by atoms with E-state index >= 15 is 0 Å². The van der Waals surface area contributed by atoms with Gasteiger partial charge in [0, 0.05) is 5.57 Å². The number of carboxylic acids is 1. The van der Waals surface area contributed by atoms with E-state index in [4.69, 9.17) is 9.84 Å². The summed E-state index contributed by atoms with van der Waals surface area (Å²) in [6, 6.07) is 0. The lowest BCUT2D eigenvalue weighted by Gasteiger charge is -1.96. The van der Waals surface area contributed by atoms with E-state index in [9.17, 15) is 4.79 Å². The van der Waals surface area contributed by atoms with Crippen LogP contribution in [0.15, 0.2) is 24.8 Å². The molecule has 1 aliphatic rings. The summed E-state index contributed by atoms with van der Waals surface area (Å²) in [5.74, 6) is -0.916. The van der Waals surface area contributed by atoms with Gasteiger partial charge in [0.1, 0.15) is 0 Å². The van der Waals surface area contributed by atoms with Crippen LogP contribution in [-0.2, 0) is 9.53 Å². The smallest absolute Gasteiger partial charge is 0.330 e. The van der Waals surface area contributed by atoms with E-state index in [1.165, 1.54) is 0 Å². The van der Waals surface area contributed by atoms with E-state index in [0.717, 1.165) is 12.8 Å². The fourth-order valence-corrected chi connectivity index (χ4v) is 1.23. The lowest BCUT2D eigenvalue weighted by molar-refractivity contribution is -0.132. The van der Waals surface area contributed by atoms with Gasteiger partial charge in [-0.3, -0.25) is 0 Å². The van der Waals surface area contributed by atoms with Crippen LogP contribution in [0.2, 0.25) is 0 Å². The van der Waals surface area contributed by atoms with Gasteiger partial charge in [-0.25, -0.2) is 4.79 Å². The van der Waals surface area contributed by atoms with Crippen molar-refractivity contribution in [3.8, 4) is 0 Å². The molecule has 0 aromatic carbocycles. The Hall–Kier alpha value is -1.09. The van der Waals surface area contributed by atoms with Crippen LogP contribution in [0.1, 0.15) is 19.3 Å². The zero-order valence-electron chi connectivity index (χ0n) is 7.53. The number of carbonyl (C=O) groups is 1. The molecule has 0 aromatic heterocycles. The molecule has 2 atom stereocenters. The molecule has 13 heavy (non-hydrogen) atoms. The predicted molar refractivity (Wildman–Crippen MR) is 49.5 cm³/mol. The van der Waals surface area contributed by atoms with Gasteiger partial charge in [0.15, 0.2) is 0 Å². The van der Waals surface area contributed by atoms with Gasteiger partial charge in [-0.05, 0) is 19.3 Å². The molecule has 1 rings (SSSR count). The van der Waals surface area contributed by atoms with Gasteiger partial charge in [0.25, 0.3) is 0 Å².